The molecule has 1 amide bonds. The summed E-state index contributed by atoms with van der Waals surface area (Å²) in [5.41, 5.74) is 0.540. The fourth-order valence-electron chi connectivity index (χ4n) is 1.92. The van der Waals surface area contributed by atoms with Crippen LogP contribution in [0.2, 0.25) is 0 Å². The van der Waals surface area contributed by atoms with Crippen molar-refractivity contribution < 1.29 is 19.0 Å². The first-order valence-electron chi connectivity index (χ1n) is 6.95. The molecule has 0 atom stereocenters. The molecular formula is C17H19NO4S. The van der Waals surface area contributed by atoms with Gasteiger partial charge in [-0.05, 0) is 42.7 Å². The molecule has 0 spiro atoms. The standard InChI is InChI=1S/C17H19NO4S/c1-20-13-6-9-16(21-2)15(10-13)18-17(19)11-22-12-4-7-14(23-3)8-5-12/h4-10H,11H2,1-3H3,(H,18,19). The van der Waals surface area contributed by atoms with Crippen molar-refractivity contribution in [3.8, 4) is 17.2 Å². The van der Waals surface area contributed by atoms with E-state index in [4.69, 9.17) is 14.2 Å². The lowest BCUT2D eigenvalue weighted by molar-refractivity contribution is -0.118. The Morgan fingerprint density at radius 2 is 1.74 bits per heavy atom. The topological polar surface area (TPSA) is 56.8 Å². The lowest BCUT2D eigenvalue weighted by Crippen LogP contribution is -2.20. The molecule has 0 unspecified atom stereocenters. The van der Waals surface area contributed by atoms with E-state index in [1.165, 1.54) is 0 Å². The molecule has 0 saturated carbocycles. The first-order chi connectivity index (χ1) is 11.2. The zero-order valence-corrected chi connectivity index (χ0v) is 14.1. The second-order valence-corrected chi connectivity index (χ2v) is 5.46. The van der Waals surface area contributed by atoms with Crippen LogP contribution in [0.15, 0.2) is 47.4 Å². The molecule has 2 rings (SSSR count). The van der Waals surface area contributed by atoms with Crippen LogP contribution < -0.4 is 19.5 Å². The van der Waals surface area contributed by atoms with Crippen LogP contribution in [0.25, 0.3) is 0 Å². The molecule has 1 N–H and O–H groups in total. The molecule has 5 nitrogen and oxygen atoms in total. The summed E-state index contributed by atoms with van der Waals surface area (Å²) in [6, 6.07) is 12.8. The van der Waals surface area contributed by atoms with Gasteiger partial charge in [-0.15, -0.1) is 11.8 Å². The van der Waals surface area contributed by atoms with Gasteiger partial charge in [0.15, 0.2) is 6.61 Å². The van der Waals surface area contributed by atoms with Crippen LogP contribution in [0.1, 0.15) is 0 Å². The zero-order valence-electron chi connectivity index (χ0n) is 13.3. The number of anilines is 1. The number of carbonyl (C=O) groups is 1. The SMILES string of the molecule is COc1ccc(OC)c(NC(=O)COc2ccc(SC)cc2)c1. The summed E-state index contributed by atoms with van der Waals surface area (Å²) in [6.07, 6.45) is 2.00. The average molecular weight is 333 g/mol. The van der Waals surface area contributed by atoms with Gasteiger partial charge in [0.2, 0.25) is 0 Å². The Labute approximate surface area is 139 Å². The lowest BCUT2D eigenvalue weighted by Gasteiger charge is -2.12. The van der Waals surface area contributed by atoms with Crippen molar-refractivity contribution in [1.29, 1.82) is 0 Å². The average Bonchev–Trinajstić information content (AvgIpc) is 2.60. The van der Waals surface area contributed by atoms with Gasteiger partial charge in [0, 0.05) is 11.0 Å². The molecule has 0 aliphatic heterocycles. The van der Waals surface area contributed by atoms with Crippen molar-refractivity contribution in [1.82, 2.24) is 0 Å². The second-order valence-electron chi connectivity index (χ2n) is 4.58. The van der Waals surface area contributed by atoms with Crippen LogP contribution in [0, 0.1) is 0 Å². The van der Waals surface area contributed by atoms with Crippen LogP contribution in [0.4, 0.5) is 5.69 Å². The number of amides is 1. The molecule has 2 aromatic rings. The van der Waals surface area contributed by atoms with E-state index >= 15 is 0 Å². The first-order valence-corrected chi connectivity index (χ1v) is 8.17. The quantitative estimate of drug-likeness (QED) is 0.787. The molecule has 0 aliphatic rings. The molecule has 0 aliphatic carbocycles. The summed E-state index contributed by atoms with van der Waals surface area (Å²) in [4.78, 5) is 13.2. The minimum Gasteiger partial charge on any atom is -0.497 e. The van der Waals surface area contributed by atoms with Gasteiger partial charge in [0.05, 0.1) is 19.9 Å². The van der Waals surface area contributed by atoms with E-state index in [-0.39, 0.29) is 12.5 Å². The maximum Gasteiger partial charge on any atom is 0.262 e. The van der Waals surface area contributed by atoms with Crippen molar-refractivity contribution in [3.63, 3.8) is 0 Å². The van der Waals surface area contributed by atoms with E-state index in [2.05, 4.69) is 5.32 Å². The predicted molar refractivity (Wildman–Crippen MR) is 91.9 cm³/mol. The highest BCUT2D eigenvalue weighted by atomic mass is 32.2. The van der Waals surface area contributed by atoms with Crippen LogP contribution in [0.5, 0.6) is 17.2 Å². The van der Waals surface area contributed by atoms with E-state index in [9.17, 15) is 4.79 Å². The van der Waals surface area contributed by atoms with Gasteiger partial charge >= 0.3 is 0 Å². The van der Waals surface area contributed by atoms with Gasteiger partial charge in [0.1, 0.15) is 17.2 Å². The van der Waals surface area contributed by atoms with Gasteiger partial charge in [-0.25, -0.2) is 0 Å². The van der Waals surface area contributed by atoms with Crippen molar-refractivity contribution in [2.24, 2.45) is 0 Å². The summed E-state index contributed by atoms with van der Waals surface area (Å²) < 4.78 is 15.8. The van der Waals surface area contributed by atoms with Crippen molar-refractivity contribution in [2.75, 3.05) is 32.4 Å². The number of hydrogen-bond acceptors (Lipinski definition) is 5. The zero-order chi connectivity index (χ0) is 16.7. The number of carbonyl (C=O) groups excluding carboxylic acids is 1. The van der Waals surface area contributed by atoms with E-state index < -0.39 is 0 Å². The van der Waals surface area contributed by atoms with Gasteiger partial charge in [-0.3, -0.25) is 4.79 Å². The van der Waals surface area contributed by atoms with E-state index in [0.717, 1.165) is 4.90 Å². The maximum absolute atomic E-state index is 12.0. The fourth-order valence-corrected chi connectivity index (χ4v) is 2.33. The molecule has 0 radical (unpaired) electrons. The lowest BCUT2D eigenvalue weighted by atomic mass is 10.2. The Hall–Kier alpha value is -2.34. The third kappa shape index (κ3) is 4.82. The van der Waals surface area contributed by atoms with E-state index in [0.29, 0.717) is 22.9 Å². The summed E-state index contributed by atoms with van der Waals surface area (Å²) in [5.74, 6) is 1.57. The highest BCUT2D eigenvalue weighted by Gasteiger charge is 2.10. The molecule has 0 heterocycles. The van der Waals surface area contributed by atoms with Gasteiger partial charge < -0.3 is 19.5 Å². The van der Waals surface area contributed by atoms with Crippen LogP contribution in [-0.4, -0.2) is 33.0 Å². The first kappa shape index (κ1) is 17.0. The Bertz CT molecular complexity index is 658. The minimum absolute atomic E-state index is 0.0843. The molecule has 0 aromatic heterocycles. The largest absolute Gasteiger partial charge is 0.497 e. The number of hydrogen-bond donors (Lipinski definition) is 1. The Kier molecular flexibility index (Phi) is 6.17. The molecule has 0 saturated heterocycles. The van der Waals surface area contributed by atoms with Crippen molar-refractivity contribution in [2.45, 2.75) is 4.90 Å². The highest BCUT2D eigenvalue weighted by Crippen LogP contribution is 2.28. The summed E-state index contributed by atoms with van der Waals surface area (Å²) in [7, 11) is 3.11. The van der Waals surface area contributed by atoms with Gasteiger partial charge in [0.25, 0.3) is 5.91 Å². The predicted octanol–water partition coefficient (Wildman–Crippen LogP) is 3.44. The smallest absolute Gasteiger partial charge is 0.262 e. The molecule has 23 heavy (non-hydrogen) atoms. The summed E-state index contributed by atoms with van der Waals surface area (Å²) in [5, 5.41) is 2.76. The second kappa shape index (κ2) is 8.33. The fraction of sp³-hybridized carbons (Fsp3) is 0.235. The monoisotopic (exact) mass is 333 g/mol. The molecule has 2 aromatic carbocycles. The number of benzene rings is 2. The Morgan fingerprint density at radius 1 is 1.04 bits per heavy atom. The number of thioether (sulfide) groups is 1. The number of ether oxygens (including phenoxy) is 3. The molecule has 6 heteroatoms. The van der Waals surface area contributed by atoms with Crippen LogP contribution in [-0.2, 0) is 4.79 Å². The van der Waals surface area contributed by atoms with Crippen LogP contribution >= 0.6 is 11.8 Å². The Balaban J connectivity index is 1.96. The Morgan fingerprint density at radius 3 is 2.35 bits per heavy atom. The summed E-state index contributed by atoms with van der Waals surface area (Å²) >= 11 is 1.65. The molecule has 122 valence electrons. The third-order valence-corrected chi connectivity index (χ3v) is 3.85. The van der Waals surface area contributed by atoms with Gasteiger partial charge in [-0.2, -0.15) is 0 Å². The highest BCUT2D eigenvalue weighted by molar-refractivity contribution is 7.98. The van der Waals surface area contributed by atoms with E-state index in [1.54, 1.807) is 44.2 Å². The molecular weight excluding hydrogens is 314 g/mol. The summed E-state index contributed by atoms with van der Waals surface area (Å²) in [6.45, 7) is -0.0843. The van der Waals surface area contributed by atoms with Crippen LogP contribution in [0.3, 0.4) is 0 Å². The molecule has 0 bridgehead atoms. The van der Waals surface area contributed by atoms with Crippen molar-refractivity contribution >= 4 is 23.4 Å². The third-order valence-electron chi connectivity index (χ3n) is 3.11. The number of nitrogens with one attached hydrogen (secondary N) is 1. The normalized spacial score (nSPS) is 10.0. The van der Waals surface area contributed by atoms with Crippen molar-refractivity contribution in [3.05, 3.63) is 42.5 Å². The van der Waals surface area contributed by atoms with Gasteiger partial charge in [-0.1, -0.05) is 0 Å². The maximum atomic E-state index is 12.0. The number of methoxy groups -OCH3 is 2. The minimum atomic E-state index is -0.273. The van der Waals surface area contributed by atoms with E-state index in [1.807, 2.05) is 30.5 Å². The molecule has 0 fully saturated rings. The number of rotatable bonds is 7.